The summed E-state index contributed by atoms with van der Waals surface area (Å²) >= 11 is 6.98. The van der Waals surface area contributed by atoms with E-state index in [0.717, 1.165) is 15.4 Å². The van der Waals surface area contributed by atoms with E-state index in [1.165, 1.54) is 41.7 Å². The number of rotatable bonds is 8. The van der Waals surface area contributed by atoms with E-state index in [-0.39, 0.29) is 45.6 Å². The standard InChI is InChI=1S/C27H22ClN3O6S2/c28-12-18(32)15-37-19-8-5-16(6-9-19)27-30-14-20(38-27)13-29-25(33)17-7-10-24-22(11-17)31-26(34)21-3-1-2-4-23(21)39(24,35)36/h1-11,14,18,32H,12-13,15H2,(H,29,33)(H,31,34). The largest absolute Gasteiger partial charge is 0.491 e. The molecule has 0 bridgehead atoms. The van der Waals surface area contributed by atoms with Gasteiger partial charge < -0.3 is 20.5 Å². The quantitative estimate of drug-likeness (QED) is 0.266. The first-order chi connectivity index (χ1) is 18.8. The van der Waals surface area contributed by atoms with Crippen LogP contribution in [0.3, 0.4) is 0 Å². The van der Waals surface area contributed by atoms with Crippen LogP contribution < -0.4 is 15.4 Å². The zero-order chi connectivity index (χ0) is 27.6. The number of alkyl halides is 1. The van der Waals surface area contributed by atoms with E-state index in [4.69, 9.17) is 16.3 Å². The molecular weight excluding hydrogens is 562 g/mol. The molecule has 5 rings (SSSR count). The summed E-state index contributed by atoms with van der Waals surface area (Å²) in [6, 6.07) is 17.3. The lowest BCUT2D eigenvalue weighted by Crippen LogP contribution is -2.22. The lowest BCUT2D eigenvalue weighted by Gasteiger charge is -2.10. The van der Waals surface area contributed by atoms with Crippen molar-refractivity contribution in [3.63, 3.8) is 0 Å². The monoisotopic (exact) mass is 583 g/mol. The van der Waals surface area contributed by atoms with Gasteiger partial charge in [-0.2, -0.15) is 0 Å². The number of aliphatic hydroxyl groups is 1. The van der Waals surface area contributed by atoms with Crippen molar-refractivity contribution < 1.29 is 27.9 Å². The number of aromatic nitrogens is 1. The first kappa shape index (κ1) is 26.8. The maximum atomic E-state index is 13.1. The summed E-state index contributed by atoms with van der Waals surface area (Å²) in [4.78, 5) is 30.6. The molecule has 3 aromatic carbocycles. The van der Waals surface area contributed by atoms with Gasteiger partial charge in [-0.3, -0.25) is 9.59 Å². The molecule has 200 valence electrons. The van der Waals surface area contributed by atoms with Gasteiger partial charge in [0.1, 0.15) is 23.5 Å². The van der Waals surface area contributed by atoms with Crippen molar-refractivity contribution in [3.8, 4) is 16.3 Å². The summed E-state index contributed by atoms with van der Waals surface area (Å²) in [6.45, 7) is 0.311. The van der Waals surface area contributed by atoms with Gasteiger partial charge in [-0.1, -0.05) is 12.1 Å². The van der Waals surface area contributed by atoms with Crippen molar-refractivity contribution >= 4 is 50.3 Å². The fourth-order valence-corrected chi connectivity index (χ4v) is 6.46. The molecule has 9 nitrogen and oxygen atoms in total. The predicted octanol–water partition coefficient (Wildman–Crippen LogP) is 4.12. The lowest BCUT2D eigenvalue weighted by atomic mass is 10.1. The third-order valence-corrected chi connectivity index (χ3v) is 9.17. The molecule has 1 unspecified atom stereocenters. The zero-order valence-corrected chi connectivity index (χ0v) is 22.6. The van der Waals surface area contributed by atoms with E-state index in [9.17, 15) is 23.1 Å². The van der Waals surface area contributed by atoms with Gasteiger partial charge in [-0.05, 0) is 54.6 Å². The van der Waals surface area contributed by atoms with Crippen molar-refractivity contribution in [1.82, 2.24) is 10.3 Å². The summed E-state index contributed by atoms with van der Waals surface area (Å²) in [7, 11) is -3.95. The van der Waals surface area contributed by atoms with E-state index >= 15 is 0 Å². The maximum Gasteiger partial charge on any atom is 0.257 e. The fourth-order valence-electron chi connectivity index (χ4n) is 3.92. The second-order valence-electron chi connectivity index (χ2n) is 8.62. The number of nitrogens with zero attached hydrogens (tertiary/aromatic N) is 1. The van der Waals surface area contributed by atoms with Gasteiger partial charge in [0.15, 0.2) is 0 Å². The highest BCUT2D eigenvalue weighted by Crippen LogP contribution is 2.34. The molecule has 1 aliphatic rings. The van der Waals surface area contributed by atoms with Crippen molar-refractivity contribution in [2.75, 3.05) is 17.8 Å². The molecule has 2 heterocycles. The number of hydrogen-bond acceptors (Lipinski definition) is 8. The minimum atomic E-state index is -3.95. The Kier molecular flexibility index (Phi) is 7.67. The first-order valence-corrected chi connectivity index (χ1v) is 14.6. The Morgan fingerprint density at radius 3 is 2.64 bits per heavy atom. The summed E-state index contributed by atoms with van der Waals surface area (Å²) in [6.07, 6.45) is 0.931. The molecule has 12 heteroatoms. The maximum absolute atomic E-state index is 13.1. The third-order valence-electron chi connectivity index (χ3n) is 5.90. The van der Waals surface area contributed by atoms with Crippen LogP contribution in [0.25, 0.3) is 10.6 Å². The van der Waals surface area contributed by atoms with Gasteiger partial charge in [0.25, 0.3) is 11.8 Å². The number of ether oxygens (including phenoxy) is 1. The van der Waals surface area contributed by atoms with Gasteiger partial charge in [0, 0.05) is 22.2 Å². The minimum Gasteiger partial charge on any atom is -0.491 e. The topological polar surface area (TPSA) is 135 Å². The summed E-state index contributed by atoms with van der Waals surface area (Å²) in [5.74, 6) is -0.298. The van der Waals surface area contributed by atoms with E-state index < -0.39 is 27.8 Å². The van der Waals surface area contributed by atoms with E-state index in [0.29, 0.717) is 5.75 Å². The Balaban J connectivity index is 1.26. The first-order valence-electron chi connectivity index (χ1n) is 11.8. The predicted molar refractivity (Wildman–Crippen MR) is 147 cm³/mol. The molecule has 0 aliphatic carbocycles. The molecular formula is C27H22ClN3O6S2. The molecule has 1 aromatic heterocycles. The van der Waals surface area contributed by atoms with Crippen LogP contribution in [0.1, 0.15) is 25.6 Å². The number of carbonyl (C=O) groups is 2. The van der Waals surface area contributed by atoms with Crippen molar-refractivity contribution in [2.45, 2.75) is 22.4 Å². The van der Waals surface area contributed by atoms with Crippen LogP contribution >= 0.6 is 22.9 Å². The van der Waals surface area contributed by atoms with Gasteiger partial charge in [0.2, 0.25) is 9.84 Å². The molecule has 4 aromatic rings. The number of thiazole rings is 1. The van der Waals surface area contributed by atoms with Crippen LogP contribution in [0.4, 0.5) is 5.69 Å². The number of sulfone groups is 1. The molecule has 3 N–H and O–H groups in total. The number of nitrogens with one attached hydrogen (secondary N) is 2. The van der Waals surface area contributed by atoms with Gasteiger partial charge in [-0.15, -0.1) is 22.9 Å². The molecule has 1 aliphatic heterocycles. The van der Waals surface area contributed by atoms with Crippen molar-refractivity contribution in [2.24, 2.45) is 0 Å². The molecule has 0 radical (unpaired) electrons. The number of halogens is 1. The average molecular weight is 584 g/mol. The van der Waals surface area contributed by atoms with Crippen LogP contribution in [0.5, 0.6) is 5.75 Å². The summed E-state index contributed by atoms with van der Waals surface area (Å²) in [5, 5.41) is 15.7. The number of hydrogen-bond donors (Lipinski definition) is 3. The molecule has 0 fully saturated rings. The van der Waals surface area contributed by atoms with E-state index in [1.54, 1.807) is 30.5 Å². The number of aliphatic hydroxyl groups excluding tert-OH is 1. The Labute approximate surface area is 233 Å². The van der Waals surface area contributed by atoms with Crippen LogP contribution in [-0.2, 0) is 16.4 Å². The average Bonchev–Trinajstić information content (AvgIpc) is 3.41. The van der Waals surface area contributed by atoms with Crippen molar-refractivity contribution in [1.29, 1.82) is 0 Å². The van der Waals surface area contributed by atoms with Gasteiger partial charge in [0.05, 0.1) is 33.5 Å². The molecule has 0 saturated carbocycles. The lowest BCUT2D eigenvalue weighted by molar-refractivity contribution is 0.0949. The molecule has 1 atom stereocenters. The summed E-state index contributed by atoms with van der Waals surface area (Å²) < 4.78 is 31.8. The number of benzene rings is 3. The van der Waals surface area contributed by atoms with Crippen molar-refractivity contribution in [3.05, 3.63) is 88.9 Å². The normalized spacial score (nSPS) is 14.4. The second kappa shape index (κ2) is 11.1. The van der Waals surface area contributed by atoms with E-state index in [2.05, 4.69) is 15.6 Å². The highest BCUT2D eigenvalue weighted by atomic mass is 35.5. The zero-order valence-electron chi connectivity index (χ0n) is 20.3. The smallest absolute Gasteiger partial charge is 0.257 e. The fraction of sp³-hybridized carbons (Fsp3) is 0.148. The van der Waals surface area contributed by atoms with Gasteiger partial charge >= 0.3 is 0 Å². The van der Waals surface area contributed by atoms with E-state index in [1.807, 2.05) is 12.1 Å². The molecule has 2 amide bonds. The Morgan fingerprint density at radius 2 is 1.87 bits per heavy atom. The highest BCUT2D eigenvalue weighted by molar-refractivity contribution is 7.91. The Bertz CT molecular complexity index is 1650. The van der Waals surface area contributed by atoms with Crippen LogP contribution in [0.2, 0.25) is 0 Å². The third kappa shape index (κ3) is 5.66. The van der Waals surface area contributed by atoms with Crippen LogP contribution in [0, 0.1) is 0 Å². The summed E-state index contributed by atoms with van der Waals surface area (Å²) in [5.41, 5.74) is 1.17. The van der Waals surface area contributed by atoms with Crippen LogP contribution in [-0.4, -0.2) is 48.9 Å². The minimum absolute atomic E-state index is 0.0491. The number of carbonyl (C=O) groups excluding carboxylic acids is 2. The highest BCUT2D eigenvalue weighted by Gasteiger charge is 2.31. The number of fused-ring (bicyclic) bond motifs is 2. The molecule has 0 spiro atoms. The number of amides is 2. The van der Waals surface area contributed by atoms with Crippen LogP contribution in [0.15, 0.2) is 82.7 Å². The van der Waals surface area contributed by atoms with Gasteiger partial charge in [-0.25, -0.2) is 13.4 Å². The number of anilines is 1. The Hall–Kier alpha value is -3.77. The second-order valence-corrected chi connectivity index (χ2v) is 11.9. The molecule has 0 saturated heterocycles. The Morgan fingerprint density at radius 1 is 1.10 bits per heavy atom. The molecule has 39 heavy (non-hydrogen) atoms. The SMILES string of the molecule is O=C(NCc1cnc(-c2ccc(OCC(O)CCl)cc2)s1)c1ccc2c(c1)NC(=O)c1ccccc1S2(=O)=O.